The first kappa shape index (κ1) is 17.5. The van der Waals surface area contributed by atoms with Gasteiger partial charge < -0.3 is 15.2 Å². The minimum absolute atomic E-state index is 0.218. The Kier molecular flexibility index (Phi) is 5.03. The van der Waals surface area contributed by atoms with E-state index in [-0.39, 0.29) is 5.56 Å². The predicted octanol–water partition coefficient (Wildman–Crippen LogP) is 0.724. The van der Waals surface area contributed by atoms with Crippen molar-refractivity contribution in [1.29, 1.82) is 0 Å². The van der Waals surface area contributed by atoms with Crippen LogP contribution in [0.4, 0.5) is 11.4 Å². The van der Waals surface area contributed by atoms with Crippen LogP contribution < -0.4 is 10.4 Å². The molecule has 0 fully saturated rings. The summed E-state index contributed by atoms with van der Waals surface area (Å²) in [6, 6.07) is 8.44. The topological polar surface area (TPSA) is 156 Å². The highest BCUT2D eigenvalue weighted by Gasteiger charge is 2.22. The molecule has 10 heteroatoms. The van der Waals surface area contributed by atoms with Gasteiger partial charge in [-0.2, -0.15) is 0 Å². The van der Waals surface area contributed by atoms with E-state index in [0.717, 1.165) is 12.1 Å². The van der Waals surface area contributed by atoms with Crippen LogP contribution in [0, 0.1) is 20.2 Å². The second-order valence-electron chi connectivity index (χ2n) is 4.89. The van der Waals surface area contributed by atoms with E-state index in [2.05, 4.69) is 5.32 Å². The van der Waals surface area contributed by atoms with E-state index < -0.39 is 44.7 Å². The molecule has 2 aromatic carbocycles. The Balaban J connectivity index is 2.37. The maximum atomic E-state index is 12.2. The van der Waals surface area contributed by atoms with Gasteiger partial charge in [-0.15, -0.1) is 0 Å². The molecule has 1 N–H and O–H groups in total. The van der Waals surface area contributed by atoms with Gasteiger partial charge in [0, 0.05) is 12.1 Å². The maximum Gasteiger partial charge on any atom is 0.277 e. The number of nitro benzene ring substituents is 2. The van der Waals surface area contributed by atoms with Crippen molar-refractivity contribution < 1.29 is 24.5 Å². The Morgan fingerprint density at radius 1 is 0.920 bits per heavy atom. The van der Waals surface area contributed by atoms with Crippen LogP contribution in [-0.4, -0.2) is 21.7 Å². The van der Waals surface area contributed by atoms with Crippen molar-refractivity contribution in [2.75, 3.05) is 0 Å². The summed E-state index contributed by atoms with van der Waals surface area (Å²) in [5.41, 5.74) is -1.52. The second kappa shape index (κ2) is 7.17. The van der Waals surface area contributed by atoms with E-state index in [0.29, 0.717) is 6.07 Å². The molecule has 0 saturated carbocycles. The molecule has 25 heavy (non-hydrogen) atoms. The Morgan fingerprint density at radius 3 is 1.88 bits per heavy atom. The summed E-state index contributed by atoms with van der Waals surface area (Å²) in [5.74, 6) is -2.62. The average Bonchev–Trinajstić information content (AvgIpc) is 2.59. The minimum atomic E-state index is -1.60. The lowest BCUT2D eigenvalue weighted by Crippen LogP contribution is -2.41. The number of rotatable bonds is 6. The normalized spacial score (nSPS) is 11.4. The van der Waals surface area contributed by atoms with Crippen LogP contribution in [0.5, 0.6) is 0 Å². The number of non-ortho nitro benzene ring substituents is 2. The Bertz CT molecular complexity index is 819. The van der Waals surface area contributed by atoms with Gasteiger partial charge in [0.2, 0.25) is 0 Å². The number of carbonyl (C=O) groups is 2. The third-order valence-electron chi connectivity index (χ3n) is 3.23. The summed E-state index contributed by atoms with van der Waals surface area (Å²) < 4.78 is 0. The number of carbonyl (C=O) groups excluding carboxylic acids is 2. The highest BCUT2D eigenvalue weighted by molar-refractivity contribution is 5.97. The Hall–Kier alpha value is -3.82. The SMILES string of the molecule is O=C(N[C@H](C(=O)[O-])c1ccccc1)c1cc([N+](=O)[O-])cc([N+](=O)[O-])c1. The molecule has 10 nitrogen and oxygen atoms in total. The van der Waals surface area contributed by atoms with Crippen LogP contribution in [-0.2, 0) is 4.79 Å². The molecular formula is C15H10N3O7-. The number of nitrogens with one attached hydrogen (secondary N) is 1. The minimum Gasteiger partial charge on any atom is -0.548 e. The molecule has 0 aromatic heterocycles. The van der Waals surface area contributed by atoms with E-state index in [1.165, 1.54) is 12.1 Å². The monoisotopic (exact) mass is 344 g/mol. The summed E-state index contributed by atoms with van der Waals surface area (Å²) in [6.07, 6.45) is 0. The molecule has 0 aliphatic carbocycles. The number of amides is 1. The summed E-state index contributed by atoms with van der Waals surface area (Å²) in [6.45, 7) is 0. The Labute approximate surface area is 140 Å². The highest BCUT2D eigenvalue weighted by atomic mass is 16.6. The lowest BCUT2D eigenvalue weighted by Gasteiger charge is -2.20. The third kappa shape index (κ3) is 4.13. The summed E-state index contributed by atoms with van der Waals surface area (Å²) in [7, 11) is 0. The molecule has 128 valence electrons. The molecule has 0 bridgehead atoms. The average molecular weight is 344 g/mol. The van der Waals surface area contributed by atoms with E-state index in [4.69, 9.17) is 0 Å². The number of carboxylic acid groups (broad SMARTS) is 1. The van der Waals surface area contributed by atoms with Gasteiger partial charge in [-0.1, -0.05) is 30.3 Å². The molecule has 0 radical (unpaired) electrons. The first-order valence-electron chi connectivity index (χ1n) is 6.80. The highest BCUT2D eigenvalue weighted by Crippen LogP contribution is 2.23. The second-order valence-corrected chi connectivity index (χ2v) is 4.89. The maximum absolute atomic E-state index is 12.2. The van der Waals surface area contributed by atoms with E-state index >= 15 is 0 Å². The van der Waals surface area contributed by atoms with Gasteiger partial charge in [-0.3, -0.25) is 25.0 Å². The predicted molar refractivity (Wildman–Crippen MR) is 81.4 cm³/mol. The molecule has 1 amide bonds. The number of aliphatic carboxylic acids is 1. The molecule has 2 rings (SSSR count). The molecule has 0 aliphatic heterocycles. The molecule has 0 heterocycles. The third-order valence-corrected chi connectivity index (χ3v) is 3.23. The van der Waals surface area contributed by atoms with Gasteiger partial charge in [0.15, 0.2) is 0 Å². The van der Waals surface area contributed by atoms with Crippen LogP contribution in [0.15, 0.2) is 48.5 Å². The number of nitrogens with zero attached hydrogens (tertiary/aromatic N) is 2. The van der Waals surface area contributed by atoms with Crippen LogP contribution in [0.25, 0.3) is 0 Å². The molecule has 1 atom stereocenters. The molecule has 2 aromatic rings. The standard InChI is InChI=1S/C15H11N3O7/c19-14(16-13(15(20)21)9-4-2-1-3-5-9)10-6-11(17(22)23)8-12(7-10)18(24)25/h1-8,13H,(H,16,19)(H,20,21)/p-1/t13-/m0/s1. The van der Waals surface area contributed by atoms with Crippen LogP contribution in [0.1, 0.15) is 22.0 Å². The zero-order chi connectivity index (χ0) is 18.6. The fraction of sp³-hybridized carbons (Fsp3) is 0.0667. The zero-order valence-corrected chi connectivity index (χ0v) is 12.4. The van der Waals surface area contributed by atoms with Gasteiger partial charge >= 0.3 is 0 Å². The van der Waals surface area contributed by atoms with E-state index in [1.807, 2.05) is 0 Å². The quantitative estimate of drug-likeness (QED) is 0.597. The van der Waals surface area contributed by atoms with Crippen LogP contribution in [0.2, 0.25) is 0 Å². The fourth-order valence-corrected chi connectivity index (χ4v) is 2.08. The van der Waals surface area contributed by atoms with Crippen molar-refractivity contribution in [2.45, 2.75) is 6.04 Å². The lowest BCUT2D eigenvalue weighted by atomic mass is 10.1. The lowest BCUT2D eigenvalue weighted by molar-refractivity contribution is -0.394. The van der Waals surface area contributed by atoms with Crippen molar-refractivity contribution in [1.82, 2.24) is 5.32 Å². The number of nitro groups is 2. The molecule has 0 aliphatic rings. The summed E-state index contributed by atoms with van der Waals surface area (Å²) in [4.78, 5) is 43.4. The van der Waals surface area contributed by atoms with Crippen LogP contribution >= 0.6 is 0 Å². The summed E-state index contributed by atoms with van der Waals surface area (Å²) in [5, 5.41) is 35.1. The van der Waals surface area contributed by atoms with Crippen molar-refractivity contribution in [3.63, 3.8) is 0 Å². The van der Waals surface area contributed by atoms with Gasteiger partial charge in [-0.05, 0) is 5.56 Å². The fourth-order valence-electron chi connectivity index (χ4n) is 2.08. The molecule has 0 saturated heterocycles. The van der Waals surface area contributed by atoms with E-state index in [9.17, 15) is 34.9 Å². The van der Waals surface area contributed by atoms with Crippen LogP contribution in [0.3, 0.4) is 0 Å². The number of carboxylic acids is 1. The summed E-state index contributed by atoms with van der Waals surface area (Å²) >= 11 is 0. The van der Waals surface area contributed by atoms with Crippen molar-refractivity contribution in [3.8, 4) is 0 Å². The van der Waals surface area contributed by atoms with Gasteiger partial charge in [0.05, 0.1) is 33.5 Å². The van der Waals surface area contributed by atoms with Crippen molar-refractivity contribution >= 4 is 23.3 Å². The van der Waals surface area contributed by atoms with Crippen molar-refractivity contribution in [2.24, 2.45) is 0 Å². The molecule has 0 spiro atoms. The number of hydrogen-bond donors (Lipinski definition) is 1. The van der Waals surface area contributed by atoms with E-state index in [1.54, 1.807) is 18.2 Å². The smallest absolute Gasteiger partial charge is 0.277 e. The zero-order valence-electron chi connectivity index (χ0n) is 12.4. The molecular weight excluding hydrogens is 334 g/mol. The largest absolute Gasteiger partial charge is 0.548 e. The first-order valence-corrected chi connectivity index (χ1v) is 6.80. The first-order chi connectivity index (χ1) is 11.8. The van der Waals surface area contributed by atoms with Gasteiger partial charge in [0.25, 0.3) is 17.3 Å². The Morgan fingerprint density at radius 2 is 1.44 bits per heavy atom. The van der Waals surface area contributed by atoms with Gasteiger partial charge in [0.1, 0.15) is 0 Å². The molecule has 0 unspecified atom stereocenters. The van der Waals surface area contributed by atoms with Crippen molar-refractivity contribution in [3.05, 3.63) is 79.9 Å². The van der Waals surface area contributed by atoms with Gasteiger partial charge in [-0.25, -0.2) is 0 Å². The number of benzene rings is 2. The number of hydrogen-bond acceptors (Lipinski definition) is 7.